The van der Waals surface area contributed by atoms with Gasteiger partial charge in [0.2, 0.25) is 0 Å². The predicted octanol–water partition coefficient (Wildman–Crippen LogP) is 8.16. The van der Waals surface area contributed by atoms with Gasteiger partial charge in [-0.2, -0.15) is 0 Å². The van der Waals surface area contributed by atoms with Crippen LogP contribution in [0.1, 0.15) is 54.9 Å². The summed E-state index contributed by atoms with van der Waals surface area (Å²) in [6.45, 7) is 6.20. The molecule has 1 aliphatic rings. The molecule has 5 heteroatoms. The topological polar surface area (TPSA) is 48.0 Å². The molecule has 0 unspecified atom stereocenters. The van der Waals surface area contributed by atoms with Gasteiger partial charge in [-0.1, -0.05) is 85.1 Å². The maximum atomic E-state index is 12.5. The minimum atomic E-state index is -0.276. The van der Waals surface area contributed by atoms with Crippen LogP contribution >= 0.6 is 0 Å². The quantitative estimate of drug-likeness (QED) is 0.123. The van der Waals surface area contributed by atoms with E-state index in [4.69, 9.17) is 14.2 Å². The number of methoxy groups -OCH3 is 1. The van der Waals surface area contributed by atoms with Crippen molar-refractivity contribution in [2.75, 3.05) is 33.4 Å². The first-order chi connectivity index (χ1) is 21.6. The fourth-order valence-corrected chi connectivity index (χ4v) is 5.79. The molecule has 1 saturated heterocycles. The Bertz CT molecular complexity index is 1490. The minimum Gasteiger partial charge on any atom is -0.497 e. The van der Waals surface area contributed by atoms with Gasteiger partial charge in [0.15, 0.2) is 0 Å². The monoisotopic (exact) mass is 589 g/mol. The number of ether oxygens (including phenoxy) is 3. The Hall–Kier alpha value is -4.35. The maximum absolute atomic E-state index is 12.5. The molecule has 0 spiro atoms. The van der Waals surface area contributed by atoms with Crippen LogP contribution in [-0.4, -0.2) is 44.2 Å². The smallest absolute Gasteiger partial charge is 0.315 e. The summed E-state index contributed by atoms with van der Waals surface area (Å²) < 4.78 is 17.1. The molecule has 0 bridgehead atoms. The van der Waals surface area contributed by atoms with E-state index in [0.29, 0.717) is 12.4 Å². The lowest BCUT2D eigenvalue weighted by Crippen LogP contribution is -2.29. The normalized spacial score (nSPS) is 14.3. The van der Waals surface area contributed by atoms with Crippen molar-refractivity contribution in [3.8, 4) is 17.2 Å². The summed E-state index contributed by atoms with van der Waals surface area (Å²) in [7, 11) is 1.68. The zero-order valence-corrected chi connectivity index (χ0v) is 26.0. The van der Waals surface area contributed by atoms with Gasteiger partial charge in [-0.05, 0) is 104 Å². The van der Waals surface area contributed by atoms with Gasteiger partial charge >= 0.3 is 5.97 Å². The molecular weight excluding hydrogens is 546 g/mol. The van der Waals surface area contributed by atoms with Gasteiger partial charge in [0, 0.05) is 6.54 Å². The van der Waals surface area contributed by atoms with E-state index in [0.717, 1.165) is 46.7 Å². The van der Waals surface area contributed by atoms with Crippen molar-refractivity contribution in [3.63, 3.8) is 0 Å². The summed E-state index contributed by atoms with van der Waals surface area (Å²) in [6, 6.07) is 34.1. The molecule has 0 amide bonds. The second-order valence-corrected chi connectivity index (χ2v) is 11.5. The number of allylic oxidation sites excluding steroid dienone is 1. The SMILES string of the molecule is COc1ccc(C/C(C)=C(/c2ccc(OCCN3CCCCCC3)cc2)c2ccc(OC(=O)Cc3ccccc3)cc2)cc1. The molecule has 5 rings (SSSR count). The Balaban J connectivity index is 1.31. The minimum absolute atomic E-state index is 0.237. The first-order valence-electron chi connectivity index (χ1n) is 15.7. The molecule has 0 radical (unpaired) electrons. The van der Waals surface area contributed by atoms with E-state index in [1.165, 1.54) is 49.9 Å². The van der Waals surface area contributed by atoms with E-state index < -0.39 is 0 Å². The maximum Gasteiger partial charge on any atom is 0.315 e. The van der Waals surface area contributed by atoms with Crippen molar-refractivity contribution in [1.82, 2.24) is 4.90 Å². The highest BCUT2D eigenvalue weighted by Crippen LogP contribution is 2.31. The van der Waals surface area contributed by atoms with Crippen molar-refractivity contribution >= 4 is 11.5 Å². The molecular formula is C39H43NO4. The van der Waals surface area contributed by atoms with Crippen LogP contribution in [0.3, 0.4) is 0 Å². The van der Waals surface area contributed by atoms with Crippen LogP contribution in [0.25, 0.3) is 5.57 Å². The number of carbonyl (C=O) groups is 1. The second kappa shape index (κ2) is 15.9. The lowest BCUT2D eigenvalue weighted by molar-refractivity contribution is -0.133. The van der Waals surface area contributed by atoms with E-state index in [9.17, 15) is 4.79 Å². The van der Waals surface area contributed by atoms with Crippen LogP contribution in [0.4, 0.5) is 0 Å². The second-order valence-electron chi connectivity index (χ2n) is 11.5. The first kappa shape index (κ1) is 31.1. The summed E-state index contributed by atoms with van der Waals surface area (Å²) in [6.07, 6.45) is 6.29. The van der Waals surface area contributed by atoms with Crippen molar-refractivity contribution in [2.45, 2.75) is 45.4 Å². The number of carbonyl (C=O) groups excluding carboxylic acids is 1. The van der Waals surface area contributed by atoms with E-state index in [1.807, 2.05) is 66.7 Å². The number of hydrogen-bond donors (Lipinski definition) is 0. The molecule has 0 N–H and O–H groups in total. The molecule has 0 aliphatic carbocycles. The van der Waals surface area contributed by atoms with Crippen LogP contribution in [0.15, 0.2) is 109 Å². The van der Waals surface area contributed by atoms with Crippen LogP contribution < -0.4 is 14.2 Å². The Morgan fingerprint density at radius 3 is 1.84 bits per heavy atom. The van der Waals surface area contributed by atoms with Gasteiger partial charge < -0.3 is 14.2 Å². The Morgan fingerprint density at radius 2 is 1.23 bits per heavy atom. The first-order valence-corrected chi connectivity index (χ1v) is 15.7. The highest BCUT2D eigenvalue weighted by molar-refractivity contribution is 5.83. The molecule has 4 aromatic rings. The van der Waals surface area contributed by atoms with Crippen LogP contribution in [0, 0.1) is 0 Å². The number of likely N-dealkylation sites (tertiary alicyclic amines) is 1. The van der Waals surface area contributed by atoms with E-state index >= 15 is 0 Å². The van der Waals surface area contributed by atoms with Crippen LogP contribution in [0.2, 0.25) is 0 Å². The molecule has 1 heterocycles. The summed E-state index contributed by atoms with van der Waals surface area (Å²) in [5.74, 6) is 1.99. The third kappa shape index (κ3) is 9.08. The van der Waals surface area contributed by atoms with E-state index in [2.05, 4.69) is 48.2 Å². The third-order valence-corrected chi connectivity index (χ3v) is 8.14. The molecule has 5 nitrogen and oxygen atoms in total. The van der Waals surface area contributed by atoms with Crippen molar-refractivity contribution in [1.29, 1.82) is 0 Å². The number of nitrogens with zero attached hydrogens (tertiary/aromatic N) is 1. The van der Waals surface area contributed by atoms with Gasteiger partial charge in [-0.25, -0.2) is 0 Å². The molecule has 1 fully saturated rings. The number of rotatable bonds is 12. The molecule has 4 aromatic carbocycles. The van der Waals surface area contributed by atoms with Crippen molar-refractivity contribution < 1.29 is 19.0 Å². The summed E-state index contributed by atoms with van der Waals surface area (Å²) in [5, 5.41) is 0. The number of benzene rings is 4. The standard InChI is InChI=1S/C39H43NO4/c1-30(28-32-12-18-35(42-2)19-13-32)39(33-14-20-36(21-15-33)43-27-26-40-24-8-3-4-9-25-40)34-16-22-37(23-17-34)44-38(41)29-31-10-6-5-7-11-31/h5-7,10-23H,3-4,8-9,24-29H2,1-2H3/b39-30-. The molecule has 0 saturated carbocycles. The van der Waals surface area contributed by atoms with Gasteiger partial charge in [0.1, 0.15) is 23.9 Å². The molecule has 228 valence electrons. The number of hydrogen-bond acceptors (Lipinski definition) is 5. The largest absolute Gasteiger partial charge is 0.497 e. The fraction of sp³-hybridized carbons (Fsp3) is 0.308. The van der Waals surface area contributed by atoms with Crippen molar-refractivity contribution in [2.24, 2.45) is 0 Å². The Morgan fingerprint density at radius 1 is 0.659 bits per heavy atom. The average molecular weight is 590 g/mol. The van der Waals surface area contributed by atoms with Gasteiger partial charge in [0.05, 0.1) is 13.5 Å². The highest BCUT2D eigenvalue weighted by Gasteiger charge is 2.13. The Labute approximate surface area is 262 Å². The average Bonchev–Trinajstić information content (AvgIpc) is 3.32. The zero-order chi connectivity index (χ0) is 30.6. The van der Waals surface area contributed by atoms with Crippen LogP contribution in [-0.2, 0) is 17.6 Å². The van der Waals surface area contributed by atoms with Gasteiger partial charge in [0.25, 0.3) is 0 Å². The lowest BCUT2D eigenvalue weighted by atomic mass is 9.90. The van der Waals surface area contributed by atoms with Crippen molar-refractivity contribution in [3.05, 3.63) is 131 Å². The van der Waals surface area contributed by atoms with Gasteiger partial charge in [-0.3, -0.25) is 9.69 Å². The predicted molar refractivity (Wildman–Crippen MR) is 177 cm³/mol. The molecule has 1 aliphatic heterocycles. The lowest BCUT2D eigenvalue weighted by Gasteiger charge is -2.20. The van der Waals surface area contributed by atoms with E-state index in [1.54, 1.807) is 7.11 Å². The summed E-state index contributed by atoms with van der Waals surface area (Å²) >= 11 is 0. The molecule has 44 heavy (non-hydrogen) atoms. The van der Waals surface area contributed by atoms with Gasteiger partial charge in [-0.15, -0.1) is 0 Å². The number of esters is 1. The highest BCUT2D eigenvalue weighted by atomic mass is 16.5. The summed E-state index contributed by atoms with van der Waals surface area (Å²) in [4.78, 5) is 15.1. The third-order valence-electron chi connectivity index (χ3n) is 8.14. The van der Waals surface area contributed by atoms with Crippen LogP contribution in [0.5, 0.6) is 17.2 Å². The van der Waals surface area contributed by atoms with E-state index in [-0.39, 0.29) is 12.4 Å². The fourth-order valence-electron chi connectivity index (χ4n) is 5.79. The molecule has 0 atom stereocenters. The molecule has 0 aromatic heterocycles. The summed E-state index contributed by atoms with van der Waals surface area (Å²) in [5.41, 5.74) is 6.71. The zero-order valence-electron chi connectivity index (χ0n) is 26.0. The Kier molecular flexibility index (Phi) is 11.3.